The Morgan fingerprint density at radius 2 is 1.66 bits per heavy atom. The van der Waals surface area contributed by atoms with Gasteiger partial charge in [-0.3, -0.25) is 9.36 Å². The van der Waals surface area contributed by atoms with Crippen LogP contribution in [0.4, 0.5) is 25.1 Å². The number of allylic oxidation sites excluding steroid dienone is 2. The summed E-state index contributed by atoms with van der Waals surface area (Å²) in [6.07, 6.45) is 7.82. The van der Waals surface area contributed by atoms with E-state index >= 15 is 0 Å². The van der Waals surface area contributed by atoms with Crippen molar-refractivity contribution in [3.05, 3.63) is 88.4 Å². The molecule has 0 saturated heterocycles. The fourth-order valence-electron chi connectivity index (χ4n) is 3.84. The molecule has 2 aromatic carbocycles. The summed E-state index contributed by atoms with van der Waals surface area (Å²) in [5.41, 5.74) is 2.43. The predicted molar refractivity (Wildman–Crippen MR) is 131 cm³/mol. The van der Waals surface area contributed by atoms with Gasteiger partial charge in [-0.15, -0.1) is 0 Å². The first kappa shape index (κ1) is 25.0. The highest BCUT2D eigenvalue weighted by Gasteiger charge is 2.65. The maximum Gasteiger partial charge on any atom is 0.310 e. The number of anilines is 1. The van der Waals surface area contributed by atoms with Crippen LogP contribution in [-0.2, 0) is 13.0 Å². The molecule has 1 heterocycles. The zero-order valence-corrected chi connectivity index (χ0v) is 19.7. The Bertz CT molecular complexity index is 1280. The second-order valence-electron chi connectivity index (χ2n) is 8.64. The number of nitrogens with one attached hydrogen (secondary N) is 1. The number of rotatable bonds is 9. The Hall–Kier alpha value is -3.14. The molecule has 0 atom stereocenters. The van der Waals surface area contributed by atoms with E-state index in [1.165, 1.54) is 21.9 Å². The highest BCUT2D eigenvalue weighted by molar-refractivity contribution is 8.45. The van der Waals surface area contributed by atoms with Crippen molar-refractivity contribution in [3.63, 3.8) is 0 Å². The minimum atomic E-state index is -9.78. The monoisotopic (exact) mass is 511 g/mol. The molecule has 0 bridgehead atoms. The zero-order valence-electron chi connectivity index (χ0n) is 18.9. The van der Waals surface area contributed by atoms with Crippen LogP contribution in [0.3, 0.4) is 0 Å². The smallest absolute Gasteiger partial charge is 0.310 e. The molecule has 1 N–H and O–H groups in total. The van der Waals surface area contributed by atoms with Crippen molar-refractivity contribution in [2.24, 2.45) is 0 Å². The standard InChI is InChI=1S/C25H26F5N3OS/c26-35(27,28,29,30)22-13-11-21(12-14-22)24-32-18-23(25(34)33(24)17-15-20-8-4-9-20)31-16-5-10-19-6-2-1-3-7-19/h1-3,6-7,11-15,18,31H,4-5,8-10,16-17H2. The third kappa shape index (κ3) is 6.30. The lowest BCUT2D eigenvalue weighted by molar-refractivity contribution is 0.364. The van der Waals surface area contributed by atoms with Crippen molar-refractivity contribution in [2.45, 2.75) is 43.5 Å². The first-order chi connectivity index (χ1) is 16.4. The van der Waals surface area contributed by atoms with Crippen LogP contribution >= 0.6 is 10.2 Å². The van der Waals surface area contributed by atoms with E-state index in [4.69, 9.17) is 0 Å². The number of aromatic nitrogens is 2. The van der Waals surface area contributed by atoms with E-state index in [-0.39, 0.29) is 29.2 Å². The van der Waals surface area contributed by atoms with E-state index in [1.54, 1.807) is 0 Å². The number of aryl methyl sites for hydroxylation is 1. The van der Waals surface area contributed by atoms with Gasteiger partial charge in [0.2, 0.25) is 0 Å². The van der Waals surface area contributed by atoms with Gasteiger partial charge in [-0.2, -0.15) is 0 Å². The normalized spacial score (nSPS) is 15.6. The summed E-state index contributed by atoms with van der Waals surface area (Å²) >= 11 is 0. The Morgan fingerprint density at radius 3 is 2.26 bits per heavy atom. The van der Waals surface area contributed by atoms with Crippen LogP contribution in [0.1, 0.15) is 31.2 Å². The lowest BCUT2D eigenvalue weighted by atomic mass is 9.92. The van der Waals surface area contributed by atoms with Crippen LogP contribution < -0.4 is 10.9 Å². The van der Waals surface area contributed by atoms with E-state index in [0.29, 0.717) is 18.7 Å². The molecule has 35 heavy (non-hydrogen) atoms. The van der Waals surface area contributed by atoms with E-state index in [2.05, 4.69) is 10.3 Å². The molecule has 1 aliphatic rings. The molecule has 0 spiro atoms. The van der Waals surface area contributed by atoms with Crippen molar-refractivity contribution in [1.82, 2.24) is 9.55 Å². The van der Waals surface area contributed by atoms with Crippen molar-refractivity contribution >= 4 is 15.9 Å². The molecule has 1 aromatic heterocycles. The van der Waals surface area contributed by atoms with Gasteiger partial charge in [-0.25, -0.2) is 4.98 Å². The van der Waals surface area contributed by atoms with Crippen molar-refractivity contribution < 1.29 is 19.4 Å². The first-order valence-corrected chi connectivity index (χ1v) is 13.3. The average molecular weight is 512 g/mol. The zero-order chi connectivity index (χ0) is 25.2. The summed E-state index contributed by atoms with van der Waals surface area (Å²) in [4.78, 5) is 15.5. The van der Waals surface area contributed by atoms with E-state index in [9.17, 15) is 24.2 Å². The predicted octanol–water partition coefficient (Wildman–Crippen LogP) is 7.72. The van der Waals surface area contributed by atoms with Crippen LogP contribution in [0.15, 0.2) is 82.1 Å². The van der Waals surface area contributed by atoms with Crippen molar-refractivity contribution in [2.75, 3.05) is 11.9 Å². The van der Waals surface area contributed by atoms with Gasteiger partial charge in [0, 0.05) is 18.7 Å². The quantitative estimate of drug-likeness (QED) is 0.182. The summed E-state index contributed by atoms with van der Waals surface area (Å²) < 4.78 is 66.9. The summed E-state index contributed by atoms with van der Waals surface area (Å²) in [5.74, 6) is 0.120. The number of nitrogens with zero attached hydrogens (tertiary/aromatic N) is 2. The SMILES string of the molecule is O=c1c(NCCCc2ccccc2)cnc(-c2ccc(S(F)(F)(F)(F)F)cc2)n1CC=C1CCC1. The molecule has 0 radical (unpaired) electrons. The van der Waals surface area contributed by atoms with E-state index in [1.807, 2.05) is 36.4 Å². The lowest BCUT2D eigenvalue weighted by Gasteiger charge is -2.40. The first-order valence-electron chi connectivity index (χ1n) is 11.3. The van der Waals surface area contributed by atoms with Crippen LogP contribution in [0.25, 0.3) is 11.4 Å². The number of halogens is 5. The van der Waals surface area contributed by atoms with Gasteiger partial charge in [0.25, 0.3) is 5.56 Å². The summed E-state index contributed by atoms with van der Waals surface area (Å²) in [7, 11) is -9.78. The molecule has 1 aliphatic carbocycles. The molecule has 188 valence electrons. The van der Waals surface area contributed by atoms with Crippen molar-refractivity contribution in [1.29, 1.82) is 0 Å². The number of hydrogen-bond donors (Lipinski definition) is 1. The number of hydrogen-bond acceptors (Lipinski definition) is 3. The van der Waals surface area contributed by atoms with E-state index in [0.717, 1.165) is 44.2 Å². The molecule has 3 aromatic rings. The maximum absolute atomic E-state index is 13.2. The third-order valence-corrected chi connectivity index (χ3v) is 7.13. The highest BCUT2D eigenvalue weighted by atomic mass is 32.5. The molecular weight excluding hydrogens is 485 g/mol. The molecule has 0 unspecified atom stereocenters. The molecule has 1 saturated carbocycles. The van der Waals surface area contributed by atoms with Crippen LogP contribution in [0.2, 0.25) is 0 Å². The average Bonchev–Trinajstić information content (AvgIpc) is 2.77. The topological polar surface area (TPSA) is 46.9 Å². The minimum absolute atomic E-state index is 0.120. The van der Waals surface area contributed by atoms with Crippen molar-refractivity contribution in [3.8, 4) is 11.4 Å². The van der Waals surface area contributed by atoms with Gasteiger partial charge in [0.05, 0.1) is 6.20 Å². The lowest BCUT2D eigenvalue weighted by Crippen LogP contribution is -2.26. The van der Waals surface area contributed by atoms with E-state index < -0.39 is 15.1 Å². The fraction of sp³-hybridized carbons (Fsp3) is 0.280. The summed E-state index contributed by atoms with van der Waals surface area (Å²) in [6, 6.07) is 12.5. The minimum Gasteiger partial charge on any atom is -0.379 e. The molecule has 4 rings (SSSR count). The third-order valence-electron chi connectivity index (χ3n) is 5.96. The molecular formula is C25H26F5N3OS. The van der Waals surface area contributed by atoms with Gasteiger partial charge < -0.3 is 5.32 Å². The largest absolute Gasteiger partial charge is 0.379 e. The molecule has 1 fully saturated rings. The van der Waals surface area contributed by atoms with Crippen LogP contribution in [-0.4, -0.2) is 16.1 Å². The highest BCUT2D eigenvalue weighted by Crippen LogP contribution is 3.02. The van der Waals surface area contributed by atoms with Gasteiger partial charge in [0.1, 0.15) is 16.4 Å². The molecule has 4 nitrogen and oxygen atoms in total. The second kappa shape index (κ2) is 8.82. The molecule has 0 amide bonds. The van der Waals surface area contributed by atoms with Crippen LogP contribution in [0.5, 0.6) is 0 Å². The molecule has 0 aliphatic heterocycles. The van der Waals surface area contributed by atoms with Gasteiger partial charge in [-0.1, -0.05) is 61.4 Å². The Kier molecular flexibility index (Phi) is 6.29. The Morgan fingerprint density at radius 1 is 0.971 bits per heavy atom. The Balaban J connectivity index is 1.58. The van der Waals surface area contributed by atoms with Gasteiger partial charge in [-0.05, 0) is 61.9 Å². The Labute approximate surface area is 200 Å². The number of benzene rings is 2. The summed E-state index contributed by atoms with van der Waals surface area (Å²) in [5, 5.41) is 3.10. The van der Waals surface area contributed by atoms with Gasteiger partial charge in [0.15, 0.2) is 0 Å². The molecule has 10 heteroatoms. The summed E-state index contributed by atoms with van der Waals surface area (Å²) in [6.45, 7) is 0.726. The van der Waals surface area contributed by atoms with Gasteiger partial charge >= 0.3 is 10.2 Å². The fourth-order valence-corrected chi connectivity index (χ4v) is 4.49. The van der Waals surface area contributed by atoms with Crippen LogP contribution in [0, 0.1) is 0 Å². The maximum atomic E-state index is 13.2. The second-order valence-corrected chi connectivity index (χ2v) is 11.0.